The third-order valence-corrected chi connectivity index (χ3v) is 5.23. The molecule has 1 fully saturated rings. The first-order valence-corrected chi connectivity index (χ1v) is 9.32. The van der Waals surface area contributed by atoms with Gasteiger partial charge in [-0.15, -0.1) is 0 Å². The van der Waals surface area contributed by atoms with Crippen LogP contribution in [0.4, 0.5) is 0 Å². The van der Waals surface area contributed by atoms with E-state index in [9.17, 15) is 4.79 Å². The van der Waals surface area contributed by atoms with Crippen molar-refractivity contribution in [3.05, 3.63) is 48.6 Å². The Morgan fingerprint density at radius 3 is 3.04 bits per heavy atom. The van der Waals surface area contributed by atoms with Crippen LogP contribution in [0.1, 0.15) is 37.7 Å². The summed E-state index contributed by atoms with van der Waals surface area (Å²) in [4.78, 5) is 18.5. The first kappa shape index (κ1) is 16.8. The molecule has 0 bridgehead atoms. The average Bonchev–Trinajstić information content (AvgIpc) is 3.09. The van der Waals surface area contributed by atoms with Crippen LogP contribution in [0.15, 0.2) is 43.0 Å². The second-order valence-electron chi connectivity index (χ2n) is 7.03. The Morgan fingerprint density at radius 2 is 2.15 bits per heavy atom. The number of aromatic nitrogens is 3. The first-order valence-electron chi connectivity index (χ1n) is 9.32. The van der Waals surface area contributed by atoms with Gasteiger partial charge in [0.05, 0.1) is 0 Å². The van der Waals surface area contributed by atoms with Gasteiger partial charge in [-0.25, -0.2) is 4.98 Å². The number of hydrogen-bond donors (Lipinski definition) is 0. The van der Waals surface area contributed by atoms with Gasteiger partial charge in [0.1, 0.15) is 24.0 Å². The second-order valence-corrected chi connectivity index (χ2v) is 7.03. The molecule has 1 atom stereocenters. The Labute approximate surface area is 153 Å². The number of para-hydroxylation sites is 1. The second kappa shape index (κ2) is 7.32. The van der Waals surface area contributed by atoms with E-state index in [1.165, 1.54) is 6.33 Å². The fourth-order valence-corrected chi connectivity index (χ4v) is 3.75. The molecule has 2 aliphatic heterocycles. The van der Waals surface area contributed by atoms with Gasteiger partial charge in [0, 0.05) is 38.0 Å². The van der Waals surface area contributed by atoms with Gasteiger partial charge in [-0.1, -0.05) is 24.3 Å². The number of likely N-dealkylation sites (tertiary alicyclic amines) is 1. The van der Waals surface area contributed by atoms with Crippen molar-refractivity contribution in [3.63, 3.8) is 0 Å². The quantitative estimate of drug-likeness (QED) is 0.849. The minimum atomic E-state index is -0.274. The summed E-state index contributed by atoms with van der Waals surface area (Å²) in [6, 6.07) is 8.13. The van der Waals surface area contributed by atoms with E-state index in [0.717, 1.165) is 56.6 Å². The lowest BCUT2D eigenvalue weighted by Gasteiger charge is -2.34. The topological polar surface area (TPSA) is 60.2 Å². The van der Waals surface area contributed by atoms with Crippen molar-refractivity contribution in [2.75, 3.05) is 13.1 Å². The van der Waals surface area contributed by atoms with Crippen LogP contribution in [0.25, 0.3) is 6.08 Å². The van der Waals surface area contributed by atoms with E-state index >= 15 is 0 Å². The maximum atomic E-state index is 12.6. The van der Waals surface area contributed by atoms with Crippen molar-refractivity contribution < 1.29 is 9.53 Å². The number of benzene rings is 1. The summed E-state index contributed by atoms with van der Waals surface area (Å²) in [6.07, 6.45) is 11.6. The monoisotopic (exact) mass is 352 g/mol. The maximum Gasteiger partial charge on any atom is 0.222 e. The van der Waals surface area contributed by atoms with Crippen LogP contribution in [0, 0.1) is 0 Å². The van der Waals surface area contributed by atoms with Crippen molar-refractivity contribution in [3.8, 4) is 5.75 Å². The molecule has 0 N–H and O–H groups in total. The Hall–Kier alpha value is -2.63. The zero-order valence-corrected chi connectivity index (χ0v) is 14.9. The maximum absolute atomic E-state index is 12.6. The Balaban J connectivity index is 1.33. The molecule has 1 aromatic carbocycles. The van der Waals surface area contributed by atoms with E-state index in [2.05, 4.69) is 28.3 Å². The number of nitrogens with zero attached hydrogens (tertiary/aromatic N) is 4. The van der Waals surface area contributed by atoms with E-state index in [4.69, 9.17) is 4.74 Å². The molecule has 136 valence electrons. The number of carbonyl (C=O) groups excluding carboxylic acids is 1. The summed E-state index contributed by atoms with van der Waals surface area (Å²) < 4.78 is 8.12. The SMILES string of the molecule is O=C(CCCn1cncn1)N1CCC[C@]2(C=Cc3ccccc3O2)CC1. The fourth-order valence-electron chi connectivity index (χ4n) is 3.75. The van der Waals surface area contributed by atoms with Crippen molar-refractivity contribution in [2.24, 2.45) is 0 Å². The molecule has 26 heavy (non-hydrogen) atoms. The number of carbonyl (C=O) groups is 1. The van der Waals surface area contributed by atoms with Crippen LogP contribution >= 0.6 is 0 Å². The number of fused-ring (bicyclic) bond motifs is 1. The van der Waals surface area contributed by atoms with Crippen LogP contribution in [-0.4, -0.2) is 44.3 Å². The van der Waals surface area contributed by atoms with Gasteiger partial charge in [-0.05, 0) is 31.4 Å². The van der Waals surface area contributed by atoms with Crippen LogP contribution in [0.5, 0.6) is 5.75 Å². The highest BCUT2D eigenvalue weighted by atomic mass is 16.5. The summed E-state index contributed by atoms with van der Waals surface area (Å²) in [5, 5.41) is 4.07. The van der Waals surface area contributed by atoms with Gasteiger partial charge < -0.3 is 9.64 Å². The molecular formula is C20H24N4O2. The van der Waals surface area contributed by atoms with Crippen molar-refractivity contribution in [1.29, 1.82) is 0 Å². The largest absolute Gasteiger partial charge is 0.483 e. The normalized spacial score (nSPS) is 21.9. The molecule has 1 amide bonds. The number of aryl methyl sites for hydroxylation is 1. The number of ether oxygens (including phenoxy) is 1. The van der Waals surface area contributed by atoms with Gasteiger partial charge in [0.25, 0.3) is 0 Å². The Morgan fingerprint density at radius 1 is 1.23 bits per heavy atom. The van der Waals surface area contributed by atoms with E-state index in [1.807, 2.05) is 23.1 Å². The lowest BCUT2D eigenvalue weighted by molar-refractivity contribution is -0.131. The van der Waals surface area contributed by atoms with Gasteiger partial charge >= 0.3 is 0 Å². The van der Waals surface area contributed by atoms with E-state index < -0.39 is 0 Å². The van der Waals surface area contributed by atoms with Crippen LogP contribution in [0.2, 0.25) is 0 Å². The summed E-state index contributed by atoms with van der Waals surface area (Å²) >= 11 is 0. The average molecular weight is 352 g/mol. The number of hydrogen-bond acceptors (Lipinski definition) is 4. The highest BCUT2D eigenvalue weighted by molar-refractivity contribution is 5.76. The molecule has 1 spiro atoms. The number of amides is 1. The van der Waals surface area contributed by atoms with E-state index in [-0.39, 0.29) is 11.5 Å². The molecule has 1 saturated heterocycles. The molecular weight excluding hydrogens is 328 g/mol. The summed E-state index contributed by atoms with van der Waals surface area (Å²) in [5.74, 6) is 1.17. The lowest BCUT2D eigenvalue weighted by atomic mass is 9.91. The zero-order valence-electron chi connectivity index (χ0n) is 14.9. The molecule has 0 saturated carbocycles. The fraction of sp³-hybridized carbons (Fsp3) is 0.450. The van der Waals surface area contributed by atoms with E-state index in [1.54, 1.807) is 11.0 Å². The molecule has 2 aromatic rings. The van der Waals surface area contributed by atoms with Crippen molar-refractivity contribution >= 4 is 12.0 Å². The molecule has 0 unspecified atom stereocenters. The molecule has 0 aliphatic carbocycles. The van der Waals surface area contributed by atoms with Crippen LogP contribution in [0.3, 0.4) is 0 Å². The van der Waals surface area contributed by atoms with Crippen LogP contribution in [-0.2, 0) is 11.3 Å². The van der Waals surface area contributed by atoms with Crippen LogP contribution < -0.4 is 4.74 Å². The summed E-state index contributed by atoms with van der Waals surface area (Å²) in [5.41, 5.74) is 0.854. The Kier molecular flexibility index (Phi) is 4.73. The third kappa shape index (κ3) is 3.64. The van der Waals surface area contributed by atoms with Gasteiger partial charge in [0.15, 0.2) is 0 Å². The molecule has 6 heteroatoms. The molecule has 1 aromatic heterocycles. The summed E-state index contributed by atoms with van der Waals surface area (Å²) in [7, 11) is 0. The highest BCUT2D eigenvalue weighted by Crippen LogP contribution is 2.36. The summed E-state index contributed by atoms with van der Waals surface area (Å²) in [6.45, 7) is 2.28. The standard InChI is InChI=1S/C20H24N4O2/c25-19(7-3-13-24-16-21-15-22-24)23-12-4-9-20(11-14-23)10-8-17-5-1-2-6-18(17)26-20/h1-2,5-6,8,10,15-16H,3-4,7,9,11-14H2/t20-/m0/s1. The zero-order chi connectivity index (χ0) is 17.8. The molecule has 3 heterocycles. The molecule has 6 nitrogen and oxygen atoms in total. The van der Waals surface area contributed by atoms with Gasteiger partial charge in [-0.2, -0.15) is 5.10 Å². The van der Waals surface area contributed by atoms with Crippen molar-refractivity contribution in [1.82, 2.24) is 19.7 Å². The first-order chi connectivity index (χ1) is 12.7. The molecule has 2 aliphatic rings. The lowest BCUT2D eigenvalue weighted by Crippen LogP contribution is -2.38. The molecule has 4 rings (SSSR count). The predicted molar refractivity (Wildman–Crippen MR) is 98.5 cm³/mol. The Bertz CT molecular complexity index is 787. The third-order valence-electron chi connectivity index (χ3n) is 5.23. The molecule has 0 radical (unpaired) electrons. The smallest absolute Gasteiger partial charge is 0.222 e. The van der Waals surface area contributed by atoms with Crippen molar-refractivity contribution in [2.45, 2.75) is 44.2 Å². The van der Waals surface area contributed by atoms with E-state index in [0.29, 0.717) is 6.42 Å². The van der Waals surface area contributed by atoms with Gasteiger partial charge in [-0.3, -0.25) is 9.48 Å². The minimum Gasteiger partial charge on any atom is -0.483 e. The van der Waals surface area contributed by atoms with Gasteiger partial charge in [0.2, 0.25) is 5.91 Å². The number of rotatable bonds is 4. The highest BCUT2D eigenvalue weighted by Gasteiger charge is 2.35. The predicted octanol–water partition coefficient (Wildman–Crippen LogP) is 2.92. The minimum absolute atomic E-state index is 0.224.